The molecule has 0 bridgehead atoms. The van der Waals surface area contributed by atoms with Crippen LogP contribution in [0, 0.1) is 0 Å². The molecule has 2 aliphatic rings. The van der Waals surface area contributed by atoms with E-state index in [1.807, 2.05) is 12.1 Å². The summed E-state index contributed by atoms with van der Waals surface area (Å²) in [4.78, 5) is 18.4. The molecule has 0 aromatic carbocycles. The lowest BCUT2D eigenvalue weighted by atomic mass is 9.95. The molecule has 3 heterocycles. The molecule has 2 fully saturated rings. The van der Waals surface area contributed by atoms with Crippen LogP contribution in [-0.2, 0) is 4.74 Å². The summed E-state index contributed by atoms with van der Waals surface area (Å²) in [5, 5.41) is 3.44. The minimum Gasteiger partial charge on any atom is -0.464 e. The average molecular weight is 261 g/mol. The first kappa shape index (κ1) is 12.4. The van der Waals surface area contributed by atoms with Gasteiger partial charge in [0, 0.05) is 13.1 Å². The molecule has 1 N–H and O–H groups in total. The molecule has 0 amide bonds. The fraction of sp³-hybridized carbons (Fsp3) is 0.571. The predicted octanol–water partition coefficient (Wildman–Crippen LogP) is 1.20. The SMILES string of the molecule is COC(=O)c1cccc(N2CCCC23CCNC3)n1. The number of aromatic nitrogens is 1. The second-order valence-corrected chi connectivity index (χ2v) is 5.28. The van der Waals surface area contributed by atoms with Crippen molar-refractivity contribution in [3.63, 3.8) is 0 Å². The molecule has 0 saturated carbocycles. The van der Waals surface area contributed by atoms with Gasteiger partial charge in [-0.1, -0.05) is 6.07 Å². The molecule has 2 saturated heterocycles. The summed E-state index contributed by atoms with van der Waals surface area (Å²) < 4.78 is 4.74. The maximum absolute atomic E-state index is 11.6. The van der Waals surface area contributed by atoms with Crippen molar-refractivity contribution in [3.8, 4) is 0 Å². The van der Waals surface area contributed by atoms with Gasteiger partial charge in [-0.05, 0) is 37.9 Å². The van der Waals surface area contributed by atoms with Gasteiger partial charge in [0.25, 0.3) is 0 Å². The Morgan fingerprint density at radius 2 is 2.37 bits per heavy atom. The Kier molecular flexibility index (Phi) is 3.14. The molecule has 0 radical (unpaired) electrons. The second kappa shape index (κ2) is 4.81. The lowest BCUT2D eigenvalue weighted by Crippen LogP contribution is -2.46. The fourth-order valence-corrected chi connectivity index (χ4v) is 3.26. The maximum atomic E-state index is 11.6. The molecule has 1 aromatic rings. The number of methoxy groups -OCH3 is 1. The van der Waals surface area contributed by atoms with Crippen LogP contribution in [0.25, 0.3) is 0 Å². The van der Waals surface area contributed by atoms with E-state index in [4.69, 9.17) is 4.74 Å². The molecule has 2 aliphatic heterocycles. The topological polar surface area (TPSA) is 54.5 Å². The second-order valence-electron chi connectivity index (χ2n) is 5.28. The Hall–Kier alpha value is -1.62. The van der Waals surface area contributed by atoms with Gasteiger partial charge in [0.15, 0.2) is 5.69 Å². The monoisotopic (exact) mass is 261 g/mol. The third kappa shape index (κ3) is 2.08. The van der Waals surface area contributed by atoms with Crippen molar-refractivity contribution in [2.75, 3.05) is 31.6 Å². The highest BCUT2D eigenvalue weighted by atomic mass is 16.5. The maximum Gasteiger partial charge on any atom is 0.356 e. The Balaban J connectivity index is 1.91. The summed E-state index contributed by atoms with van der Waals surface area (Å²) in [6.07, 6.45) is 3.53. The highest BCUT2D eigenvalue weighted by molar-refractivity contribution is 5.87. The van der Waals surface area contributed by atoms with Gasteiger partial charge in [0.2, 0.25) is 0 Å². The van der Waals surface area contributed by atoms with E-state index in [1.165, 1.54) is 20.0 Å². The van der Waals surface area contributed by atoms with E-state index < -0.39 is 0 Å². The zero-order valence-corrected chi connectivity index (χ0v) is 11.2. The Bertz CT molecular complexity index is 478. The normalized spacial score (nSPS) is 26.1. The summed E-state index contributed by atoms with van der Waals surface area (Å²) in [6, 6.07) is 5.56. The molecule has 3 rings (SSSR count). The van der Waals surface area contributed by atoms with Crippen molar-refractivity contribution in [1.82, 2.24) is 10.3 Å². The van der Waals surface area contributed by atoms with Crippen molar-refractivity contribution in [3.05, 3.63) is 23.9 Å². The van der Waals surface area contributed by atoms with Crippen LogP contribution >= 0.6 is 0 Å². The third-order valence-electron chi connectivity index (χ3n) is 4.22. The first-order valence-corrected chi connectivity index (χ1v) is 6.79. The van der Waals surface area contributed by atoms with E-state index >= 15 is 0 Å². The van der Waals surface area contributed by atoms with Crippen LogP contribution in [0.5, 0.6) is 0 Å². The zero-order valence-electron chi connectivity index (χ0n) is 11.2. The van der Waals surface area contributed by atoms with E-state index in [0.717, 1.165) is 31.9 Å². The molecule has 0 aliphatic carbocycles. The third-order valence-corrected chi connectivity index (χ3v) is 4.22. The number of esters is 1. The highest BCUT2D eigenvalue weighted by Gasteiger charge is 2.43. The largest absolute Gasteiger partial charge is 0.464 e. The summed E-state index contributed by atoms with van der Waals surface area (Å²) in [5.74, 6) is 0.517. The van der Waals surface area contributed by atoms with Crippen LogP contribution in [0.1, 0.15) is 29.8 Å². The van der Waals surface area contributed by atoms with Gasteiger partial charge in [-0.3, -0.25) is 0 Å². The van der Waals surface area contributed by atoms with Gasteiger partial charge in [0.1, 0.15) is 5.82 Å². The van der Waals surface area contributed by atoms with Gasteiger partial charge in [-0.25, -0.2) is 9.78 Å². The first-order chi connectivity index (χ1) is 9.25. The predicted molar refractivity (Wildman–Crippen MR) is 72.4 cm³/mol. The fourth-order valence-electron chi connectivity index (χ4n) is 3.26. The molecule has 5 nitrogen and oxygen atoms in total. The zero-order chi connectivity index (χ0) is 13.3. The quantitative estimate of drug-likeness (QED) is 0.811. The Morgan fingerprint density at radius 1 is 1.47 bits per heavy atom. The summed E-state index contributed by atoms with van der Waals surface area (Å²) in [7, 11) is 1.38. The number of pyridine rings is 1. The standard InChI is InChI=1S/C14H19N3O2/c1-19-13(18)11-4-2-5-12(16-11)17-9-3-6-14(17)7-8-15-10-14/h2,4-5,15H,3,6-10H2,1H3. The van der Waals surface area contributed by atoms with Crippen LogP contribution in [0.15, 0.2) is 18.2 Å². The molecule has 19 heavy (non-hydrogen) atoms. The van der Waals surface area contributed by atoms with Crippen LogP contribution in [0.4, 0.5) is 5.82 Å². The van der Waals surface area contributed by atoms with E-state index in [-0.39, 0.29) is 11.5 Å². The van der Waals surface area contributed by atoms with Crippen LogP contribution in [0.3, 0.4) is 0 Å². The van der Waals surface area contributed by atoms with Crippen molar-refractivity contribution < 1.29 is 9.53 Å². The van der Waals surface area contributed by atoms with E-state index in [2.05, 4.69) is 15.2 Å². The van der Waals surface area contributed by atoms with Crippen molar-refractivity contribution >= 4 is 11.8 Å². The highest BCUT2D eigenvalue weighted by Crippen LogP contribution is 2.37. The lowest BCUT2D eigenvalue weighted by molar-refractivity contribution is 0.0594. The number of anilines is 1. The molecule has 1 aromatic heterocycles. The number of nitrogens with one attached hydrogen (secondary N) is 1. The van der Waals surface area contributed by atoms with E-state index in [1.54, 1.807) is 6.07 Å². The van der Waals surface area contributed by atoms with Crippen molar-refractivity contribution in [2.24, 2.45) is 0 Å². The lowest BCUT2D eigenvalue weighted by Gasteiger charge is -2.35. The Morgan fingerprint density at radius 3 is 3.11 bits per heavy atom. The van der Waals surface area contributed by atoms with Gasteiger partial charge in [-0.15, -0.1) is 0 Å². The molecular weight excluding hydrogens is 242 g/mol. The number of nitrogens with zero attached hydrogens (tertiary/aromatic N) is 2. The van der Waals surface area contributed by atoms with Gasteiger partial charge >= 0.3 is 5.97 Å². The average Bonchev–Trinajstić information content (AvgIpc) is 3.09. The molecular formula is C14H19N3O2. The molecule has 1 unspecified atom stereocenters. The van der Waals surface area contributed by atoms with E-state index in [9.17, 15) is 4.79 Å². The molecule has 5 heteroatoms. The summed E-state index contributed by atoms with van der Waals surface area (Å²) in [6.45, 7) is 3.09. The first-order valence-electron chi connectivity index (χ1n) is 6.79. The van der Waals surface area contributed by atoms with Crippen LogP contribution in [0.2, 0.25) is 0 Å². The van der Waals surface area contributed by atoms with Crippen LogP contribution in [-0.4, -0.2) is 43.2 Å². The smallest absolute Gasteiger partial charge is 0.356 e. The number of ether oxygens (including phenoxy) is 1. The van der Waals surface area contributed by atoms with E-state index in [0.29, 0.717) is 5.69 Å². The van der Waals surface area contributed by atoms with Gasteiger partial charge in [0.05, 0.1) is 12.6 Å². The number of hydrogen-bond donors (Lipinski definition) is 1. The summed E-state index contributed by atoms with van der Waals surface area (Å²) >= 11 is 0. The van der Waals surface area contributed by atoms with Gasteiger partial charge in [-0.2, -0.15) is 0 Å². The van der Waals surface area contributed by atoms with Gasteiger partial charge < -0.3 is 15.0 Å². The Labute approximate surface area is 113 Å². The molecule has 102 valence electrons. The summed E-state index contributed by atoms with van der Waals surface area (Å²) in [5.41, 5.74) is 0.579. The van der Waals surface area contributed by atoms with Crippen molar-refractivity contribution in [1.29, 1.82) is 0 Å². The molecule has 1 spiro atoms. The minimum atomic E-state index is -0.375. The number of rotatable bonds is 2. The molecule has 1 atom stereocenters. The van der Waals surface area contributed by atoms with Crippen molar-refractivity contribution in [2.45, 2.75) is 24.8 Å². The number of carbonyl (C=O) groups is 1. The number of carbonyl (C=O) groups excluding carboxylic acids is 1. The minimum absolute atomic E-state index is 0.196. The van der Waals surface area contributed by atoms with Crippen LogP contribution < -0.4 is 10.2 Å². The number of hydrogen-bond acceptors (Lipinski definition) is 5.